The highest BCUT2D eigenvalue weighted by atomic mass is 16.6. The number of carbonyl (C=O) groups is 3. The average molecular weight is 502 g/mol. The van der Waals surface area contributed by atoms with Crippen LogP contribution in [0.3, 0.4) is 0 Å². The second-order valence-electron chi connectivity index (χ2n) is 8.33. The third-order valence-electron chi connectivity index (χ3n) is 6.14. The highest BCUT2D eigenvalue weighted by Crippen LogP contribution is 2.47. The predicted octanol–water partition coefficient (Wildman–Crippen LogP) is 4.73. The number of nitrogens with zero attached hydrogens (tertiary/aromatic N) is 1. The maximum absolute atomic E-state index is 14.0. The third-order valence-corrected chi connectivity index (χ3v) is 6.14. The van der Waals surface area contributed by atoms with Crippen molar-refractivity contribution in [3.63, 3.8) is 0 Å². The molecule has 0 saturated heterocycles. The molecule has 0 N–H and O–H groups in total. The predicted molar refractivity (Wildman–Crippen MR) is 140 cm³/mol. The van der Waals surface area contributed by atoms with Crippen LogP contribution < -0.4 is 0 Å². The van der Waals surface area contributed by atoms with Crippen LogP contribution >= 0.6 is 0 Å². The smallest absolute Gasteiger partial charge is 0.340 e. The molecule has 3 aromatic carbocycles. The van der Waals surface area contributed by atoms with E-state index in [9.17, 15) is 14.4 Å². The molecule has 37 heavy (non-hydrogen) atoms. The van der Waals surface area contributed by atoms with Crippen molar-refractivity contribution in [3.05, 3.63) is 108 Å². The average Bonchev–Trinajstić information content (AvgIpc) is 2.94. The summed E-state index contributed by atoms with van der Waals surface area (Å²) in [6, 6.07) is 26.8. The minimum Gasteiger partial charge on any atom is -0.467 e. The van der Waals surface area contributed by atoms with E-state index < -0.39 is 28.9 Å². The first-order chi connectivity index (χ1) is 17.9. The summed E-state index contributed by atoms with van der Waals surface area (Å²) in [6.07, 6.45) is 0. The molecule has 0 aliphatic rings. The summed E-state index contributed by atoms with van der Waals surface area (Å²) in [5.41, 5.74) is -2.42. The van der Waals surface area contributed by atoms with Crippen LogP contribution in [0.2, 0.25) is 0 Å². The standard InChI is InChI=1S/C30H31NO6/c1-5-36-26(32)29(3,27(33)37-6-2)30(28(34)35-4,24-20-14-9-15-21-24)31-25(22-16-10-7-11-17-22)23-18-12-8-13-19-23/h7-21H,5-6H2,1-4H3. The highest BCUT2D eigenvalue weighted by molar-refractivity contribution is 6.15. The summed E-state index contributed by atoms with van der Waals surface area (Å²) >= 11 is 0. The van der Waals surface area contributed by atoms with Crippen LogP contribution in [0, 0.1) is 5.41 Å². The van der Waals surface area contributed by atoms with Crippen molar-refractivity contribution in [1.29, 1.82) is 0 Å². The van der Waals surface area contributed by atoms with Gasteiger partial charge in [-0.25, -0.2) is 4.79 Å². The molecule has 0 radical (unpaired) electrons. The summed E-state index contributed by atoms with van der Waals surface area (Å²) in [6.45, 7) is 4.52. The van der Waals surface area contributed by atoms with Crippen molar-refractivity contribution in [2.45, 2.75) is 26.3 Å². The zero-order chi connectivity index (χ0) is 26.9. The summed E-state index contributed by atoms with van der Waals surface area (Å²) in [5.74, 6) is -2.81. The van der Waals surface area contributed by atoms with Crippen molar-refractivity contribution in [2.24, 2.45) is 10.4 Å². The van der Waals surface area contributed by atoms with Gasteiger partial charge < -0.3 is 14.2 Å². The van der Waals surface area contributed by atoms with Gasteiger partial charge in [-0.1, -0.05) is 91.0 Å². The molecule has 3 aromatic rings. The first-order valence-corrected chi connectivity index (χ1v) is 12.1. The van der Waals surface area contributed by atoms with Crippen LogP contribution in [-0.2, 0) is 34.1 Å². The number of rotatable bonds is 10. The minimum atomic E-state index is -2.23. The van der Waals surface area contributed by atoms with Gasteiger partial charge in [0.1, 0.15) is 0 Å². The van der Waals surface area contributed by atoms with Gasteiger partial charge in [-0.3, -0.25) is 14.6 Å². The fourth-order valence-electron chi connectivity index (χ4n) is 4.24. The number of methoxy groups -OCH3 is 1. The molecule has 7 heteroatoms. The molecule has 0 aromatic heterocycles. The van der Waals surface area contributed by atoms with Gasteiger partial charge in [0.15, 0.2) is 0 Å². The second kappa shape index (κ2) is 12.1. The van der Waals surface area contributed by atoms with Gasteiger partial charge in [0.25, 0.3) is 0 Å². The monoisotopic (exact) mass is 501 g/mol. The summed E-state index contributed by atoms with van der Waals surface area (Å²) in [5, 5.41) is 0. The summed E-state index contributed by atoms with van der Waals surface area (Å²) in [7, 11) is 1.19. The topological polar surface area (TPSA) is 91.3 Å². The number of esters is 3. The zero-order valence-corrected chi connectivity index (χ0v) is 21.5. The Labute approximate surface area is 217 Å². The van der Waals surface area contributed by atoms with E-state index in [1.54, 1.807) is 44.2 Å². The largest absolute Gasteiger partial charge is 0.467 e. The lowest BCUT2D eigenvalue weighted by atomic mass is 9.66. The summed E-state index contributed by atoms with van der Waals surface area (Å²) in [4.78, 5) is 46.3. The van der Waals surface area contributed by atoms with Gasteiger partial charge in [-0.15, -0.1) is 0 Å². The number of carbonyl (C=O) groups excluding carboxylic acids is 3. The Morgan fingerprint density at radius 3 is 1.46 bits per heavy atom. The van der Waals surface area contributed by atoms with Gasteiger partial charge in [-0.05, 0) is 26.3 Å². The number of benzene rings is 3. The molecule has 0 spiro atoms. The molecule has 0 aliphatic heterocycles. The molecule has 7 nitrogen and oxygen atoms in total. The number of hydrogen-bond donors (Lipinski definition) is 0. The molecule has 0 bridgehead atoms. The molecule has 0 amide bonds. The fraction of sp³-hybridized carbons (Fsp3) is 0.267. The Morgan fingerprint density at radius 2 is 1.08 bits per heavy atom. The molecule has 0 saturated carbocycles. The lowest BCUT2D eigenvalue weighted by Gasteiger charge is -2.40. The quantitative estimate of drug-likeness (QED) is 0.173. The first kappa shape index (κ1) is 27.3. The van der Waals surface area contributed by atoms with E-state index in [1.807, 2.05) is 60.7 Å². The van der Waals surface area contributed by atoms with Crippen molar-refractivity contribution in [2.75, 3.05) is 20.3 Å². The van der Waals surface area contributed by atoms with Crippen LogP contribution in [0.25, 0.3) is 0 Å². The number of aliphatic imine (C=N–C) groups is 1. The second-order valence-corrected chi connectivity index (χ2v) is 8.33. The molecule has 3 rings (SSSR count). The van der Waals surface area contributed by atoms with Gasteiger partial charge in [0.05, 0.1) is 26.0 Å². The molecular weight excluding hydrogens is 470 g/mol. The maximum atomic E-state index is 14.0. The SMILES string of the molecule is CCOC(=O)C(C)(C(=O)OCC)C(N=C(c1ccccc1)c1ccccc1)(C(=O)OC)c1ccccc1. The molecule has 0 aliphatic carbocycles. The Hall–Kier alpha value is -4.26. The maximum Gasteiger partial charge on any atom is 0.340 e. The third kappa shape index (κ3) is 5.16. The van der Waals surface area contributed by atoms with E-state index in [2.05, 4.69) is 0 Å². The van der Waals surface area contributed by atoms with Crippen molar-refractivity contribution in [3.8, 4) is 0 Å². The molecule has 1 atom stereocenters. The van der Waals surface area contributed by atoms with Crippen LogP contribution in [0.1, 0.15) is 37.5 Å². The van der Waals surface area contributed by atoms with Gasteiger partial charge in [-0.2, -0.15) is 0 Å². The molecule has 1 unspecified atom stereocenters. The molecule has 0 fully saturated rings. The van der Waals surface area contributed by atoms with E-state index in [-0.39, 0.29) is 18.8 Å². The highest BCUT2D eigenvalue weighted by Gasteiger charge is 2.67. The van der Waals surface area contributed by atoms with E-state index in [0.29, 0.717) is 16.8 Å². The number of hydrogen-bond acceptors (Lipinski definition) is 7. The normalized spacial score (nSPS) is 12.5. The molecule has 192 valence electrons. The Balaban J connectivity index is 2.55. The van der Waals surface area contributed by atoms with Crippen LogP contribution in [0.5, 0.6) is 0 Å². The van der Waals surface area contributed by atoms with Gasteiger partial charge in [0, 0.05) is 11.1 Å². The van der Waals surface area contributed by atoms with Gasteiger partial charge >= 0.3 is 17.9 Å². The first-order valence-electron chi connectivity index (χ1n) is 12.1. The fourth-order valence-corrected chi connectivity index (χ4v) is 4.24. The number of ether oxygens (including phenoxy) is 3. The van der Waals surface area contributed by atoms with Crippen molar-refractivity contribution in [1.82, 2.24) is 0 Å². The van der Waals surface area contributed by atoms with Crippen LogP contribution in [0.15, 0.2) is 96.0 Å². The van der Waals surface area contributed by atoms with Crippen molar-refractivity contribution >= 4 is 23.6 Å². The summed E-state index contributed by atoms with van der Waals surface area (Å²) < 4.78 is 16.0. The Morgan fingerprint density at radius 1 is 0.676 bits per heavy atom. The zero-order valence-electron chi connectivity index (χ0n) is 21.5. The Bertz CT molecular complexity index is 1180. The minimum absolute atomic E-state index is 0.0200. The van der Waals surface area contributed by atoms with E-state index in [4.69, 9.17) is 19.2 Å². The van der Waals surface area contributed by atoms with E-state index in [0.717, 1.165) is 0 Å². The molecular formula is C30H31NO6. The van der Waals surface area contributed by atoms with Crippen molar-refractivity contribution < 1.29 is 28.6 Å². The van der Waals surface area contributed by atoms with E-state index >= 15 is 0 Å². The van der Waals surface area contributed by atoms with Crippen LogP contribution in [0.4, 0.5) is 0 Å². The lowest BCUT2D eigenvalue weighted by molar-refractivity contribution is -0.184. The van der Waals surface area contributed by atoms with Gasteiger partial charge in [0.2, 0.25) is 11.0 Å². The molecule has 0 heterocycles. The van der Waals surface area contributed by atoms with E-state index in [1.165, 1.54) is 14.0 Å². The Kier molecular flexibility index (Phi) is 8.95. The lowest BCUT2D eigenvalue weighted by Crippen LogP contribution is -2.59. The van der Waals surface area contributed by atoms with Crippen LogP contribution in [-0.4, -0.2) is 43.9 Å².